The average Bonchev–Trinajstić information content (AvgIpc) is 3.01. The van der Waals surface area contributed by atoms with Crippen molar-refractivity contribution in [3.05, 3.63) is 60.2 Å². The van der Waals surface area contributed by atoms with E-state index in [0.717, 1.165) is 15.8 Å². The van der Waals surface area contributed by atoms with E-state index < -0.39 is 0 Å². The summed E-state index contributed by atoms with van der Waals surface area (Å²) in [5, 5.41) is 15.5. The van der Waals surface area contributed by atoms with E-state index in [1.807, 2.05) is 54.6 Å². The van der Waals surface area contributed by atoms with Crippen LogP contribution in [0, 0.1) is 0 Å². The van der Waals surface area contributed by atoms with Crippen LogP contribution in [0.2, 0.25) is 0 Å². The Morgan fingerprint density at radius 1 is 1.12 bits per heavy atom. The van der Waals surface area contributed by atoms with Gasteiger partial charge in [0.05, 0.1) is 10.2 Å². The van der Waals surface area contributed by atoms with Crippen LogP contribution in [0.3, 0.4) is 0 Å². The molecule has 0 saturated heterocycles. The van der Waals surface area contributed by atoms with Crippen LogP contribution in [0.5, 0.6) is 0 Å². The molecule has 6 heteroatoms. The van der Waals surface area contributed by atoms with Gasteiger partial charge in [-0.15, -0.1) is 0 Å². The lowest BCUT2D eigenvalue weighted by Crippen LogP contribution is -2.32. The lowest BCUT2D eigenvalue weighted by molar-refractivity contribution is 0.248. The summed E-state index contributed by atoms with van der Waals surface area (Å²) >= 11 is 1.44. The standard InChI is InChI=1S/C18H19N3O2S/c22-11-10-14(13-6-2-1-3-7-13)12-19-17(23)21-18-20-15-8-4-5-9-16(15)24-18/h1-9,14,22H,10-12H2,(H2,19,20,21,23). The number of fused-ring (bicyclic) bond motifs is 1. The number of rotatable bonds is 6. The first-order valence-corrected chi connectivity index (χ1v) is 8.64. The summed E-state index contributed by atoms with van der Waals surface area (Å²) in [6.07, 6.45) is 0.603. The number of aromatic nitrogens is 1. The number of anilines is 1. The fourth-order valence-corrected chi connectivity index (χ4v) is 3.41. The first kappa shape index (κ1) is 16.4. The van der Waals surface area contributed by atoms with E-state index in [0.29, 0.717) is 18.1 Å². The second-order valence-electron chi connectivity index (χ2n) is 5.44. The third-order valence-corrected chi connectivity index (χ3v) is 4.72. The number of aliphatic hydroxyl groups is 1. The predicted octanol–water partition coefficient (Wildman–Crippen LogP) is 3.58. The molecule has 0 saturated carbocycles. The Morgan fingerprint density at radius 3 is 2.62 bits per heavy atom. The average molecular weight is 341 g/mol. The van der Waals surface area contributed by atoms with Crippen molar-refractivity contribution in [3.8, 4) is 0 Å². The summed E-state index contributed by atoms with van der Waals surface area (Å²) in [4.78, 5) is 16.5. The molecule has 24 heavy (non-hydrogen) atoms. The molecule has 3 N–H and O–H groups in total. The Kier molecular flexibility index (Phi) is 5.40. The maximum atomic E-state index is 12.1. The summed E-state index contributed by atoms with van der Waals surface area (Å²) in [5.41, 5.74) is 1.98. The summed E-state index contributed by atoms with van der Waals surface area (Å²) in [5.74, 6) is 0.0808. The van der Waals surface area contributed by atoms with Gasteiger partial charge in [-0.25, -0.2) is 9.78 Å². The number of para-hydroxylation sites is 1. The number of hydrogen-bond donors (Lipinski definition) is 3. The van der Waals surface area contributed by atoms with Gasteiger partial charge in [0.25, 0.3) is 0 Å². The van der Waals surface area contributed by atoms with E-state index in [-0.39, 0.29) is 18.6 Å². The molecule has 1 atom stereocenters. The maximum absolute atomic E-state index is 12.1. The van der Waals surface area contributed by atoms with Crippen LogP contribution in [0.1, 0.15) is 17.9 Å². The molecule has 3 rings (SSSR count). The molecule has 0 fully saturated rings. The third-order valence-electron chi connectivity index (χ3n) is 3.77. The largest absolute Gasteiger partial charge is 0.396 e. The zero-order chi connectivity index (χ0) is 16.8. The number of nitrogens with one attached hydrogen (secondary N) is 2. The highest BCUT2D eigenvalue weighted by Crippen LogP contribution is 2.25. The van der Waals surface area contributed by atoms with E-state index in [1.54, 1.807) is 0 Å². The van der Waals surface area contributed by atoms with Crippen molar-refractivity contribution in [1.29, 1.82) is 0 Å². The second kappa shape index (κ2) is 7.90. The van der Waals surface area contributed by atoms with Gasteiger partial charge in [-0.05, 0) is 24.1 Å². The van der Waals surface area contributed by atoms with Gasteiger partial charge in [-0.1, -0.05) is 53.8 Å². The fourth-order valence-electron chi connectivity index (χ4n) is 2.55. The number of aliphatic hydroxyl groups excluding tert-OH is 1. The Balaban J connectivity index is 1.59. The van der Waals surface area contributed by atoms with Crippen molar-refractivity contribution in [1.82, 2.24) is 10.3 Å². The van der Waals surface area contributed by atoms with Gasteiger partial charge < -0.3 is 10.4 Å². The van der Waals surface area contributed by atoms with Crippen molar-refractivity contribution >= 4 is 32.7 Å². The van der Waals surface area contributed by atoms with Crippen molar-refractivity contribution < 1.29 is 9.90 Å². The normalized spacial score (nSPS) is 12.0. The van der Waals surface area contributed by atoms with Crippen LogP contribution >= 0.6 is 11.3 Å². The maximum Gasteiger partial charge on any atom is 0.321 e. The van der Waals surface area contributed by atoms with Crippen LogP contribution in [0.4, 0.5) is 9.93 Å². The number of amides is 2. The molecule has 1 aromatic heterocycles. The quantitative estimate of drug-likeness (QED) is 0.641. The number of benzene rings is 2. The van der Waals surface area contributed by atoms with Gasteiger partial charge in [0.2, 0.25) is 0 Å². The summed E-state index contributed by atoms with van der Waals surface area (Å²) in [6.45, 7) is 0.544. The Bertz CT molecular complexity index is 771. The fraction of sp³-hybridized carbons (Fsp3) is 0.222. The van der Waals surface area contributed by atoms with Gasteiger partial charge >= 0.3 is 6.03 Å². The SMILES string of the molecule is O=C(NCC(CCO)c1ccccc1)Nc1nc2ccccc2s1. The highest BCUT2D eigenvalue weighted by molar-refractivity contribution is 7.22. The van der Waals surface area contributed by atoms with E-state index in [2.05, 4.69) is 15.6 Å². The first-order chi connectivity index (χ1) is 11.8. The minimum atomic E-state index is -0.284. The number of carbonyl (C=O) groups excluding carboxylic acids is 1. The van der Waals surface area contributed by atoms with E-state index in [9.17, 15) is 9.90 Å². The third kappa shape index (κ3) is 4.10. The molecule has 0 aliphatic rings. The molecule has 0 radical (unpaired) electrons. The van der Waals surface area contributed by atoms with Gasteiger partial charge in [0.15, 0.2) is 5.13 Å². The molecule has 1 heterocycles. The molecule has 2 amide bonds. The van der Waals surface area contributed by atoms with Gasteiger partial charge in [-0.2, -0.15) is 0 Å². The number of thiazole rings is 1. The van der Waals surface area contributed by atoms with E-state index in [4.69, 9.17) is 0 Å². The number of carbonyl (C=O) groups is 1. The molecule has 1 unspecified atom stereocenters. The van der Waals surface area contributed by atoms with Crippen LogP contribution in [0.25, 0.3) is 10.2 Å². The molecule has 5 nitrogen and oxygen atoms in total. The van der Waals surface area contributed by atoms with Crippen LogP contribution < -0.4 is 10.6 Å². The Labute approximate surface area is 144 Å². The van der Waals surface area contributed by atoms with E-state index in [1.165, 1.54) is 11.3 Å². The highest BCUT2D eigenvalue weighted by Gasteiger charge is 2.13. The number of urea groups is 1. The Hall–Kier alpha value is -2.44. The highest BCUT2D eigenvalue weighted by atomic mass is 32.1. The van der Waals surface area contributed by atoms with Gasteiger partial charge in [0, 0.05) is 19.1 Å². The molecular weight excluding hydrogens is 322 g/mol. The smallest absolute Gasteiger partial charge is 0.321 e. The molecule has 124 valence electrons. The van der Waals surface area contributed by atoms with Crippen molar-refractivity contribution in [2.24, 2.45) is 0 Å². The first-order valence-electron chi connectivity index (χ1n) is 7.82. The summed E-state index contributed by atoms with van der Waals surface area (Å²) in [6, 6.07) is 17.4. The zero-order valence-electron chi connectivity index (χ0n) is 13.1. The zero-order valence-corrected chi connectivity index (χ0v) is 13.9. The van der Waals surface area contributed by atoms with Crippen LogP contribution in [0.15, 0.2) is 54.6 Å². The molecular formula is C18H19N3O2S. The van der Waals surface area contributed by atoms with E-state index >= 15 is 0 Å². The molecule has 0 aliphatic heterocycles. The molecule has 3 aromatic rings. The number of nitrogens with zero attached hydrogens (tertiary/aromatic N) is 1. The predicted molar refractivity (Wildman–Crippen MR) is 97.5 cm³/mol. The van der Waals surface area contributed by atoms with Crippen molar-refractivity contribution in [2.45, 2.75) is 12.3 Å². The Morgan fingerprint density at radius 2 is 1.88 bits per heavy atom. The van der Waals surface area contributed by atoms with Crippen LogP contribution in [-0.4, -0.2) is 29.3 Å². The van der Waals surface area contributed by atoms with Crippen molar-refractivity contribution in [3.63, 3.8) is 0 Å². The molecule has 0 aliphatic carbocycles. The van der Waals surface area contributed by atoms with Gasteiger partial charge in [0.1, 0.15) is 0 Å². The molecule has 0 bridgehead atoms. The lowest BCUT2D eigenvalue weighted by Gasteiger charge is -2.17. The second-order valence-corrected chi connectivity index (χ2v) is 6.47. The lowest BCUT2D eigenvalue weighted by atomic mass is 9.96. The molecule has 2 aromatic carbocycles. The number of hydrogen-bond acceptors (Lipinski definition) is 4. The van der Waals surface area contributed by atoms with Crippen LogP contribution in [-0.2, 0) is 0 Å². The summed E-state index contributed by atoms with van der Waals surface area (Å²) in [7, 11) is 0. The minimum absolute atomic E-state index is 0.0808. The summed E-state index contributed by atoms with van der Waals surface area (Å²) < 4.78 is 1.04. The topological polar surface area (TPSA) is 74.2 Å². The van der Waals surface area contributed by atoms with Crippen molar-refractivity contribution in [2.75, 3.05) is 18.5 Å². The monoisotopic (exact) mass is 341 g/mol. The minimum Gasteiger partial charge on any atom is -0.396 e. The van der Waals surface area contributed by atoms with Gasteiger partial charge in [-0.3, -0.25) is 5.32 Å². The molecule has 0 spiro atoms.